The summed E-state index contributed by atoms with van der Waals surface area (Å²) in [4.78, 5) is 4.09. The lowest BCUT2D eigenvalue weighted by atomic mass is 10.1. The Kier molecular flexibility index (Phi) is 2.97. The van der Waals surface area contributed by atoms with Crippen molar-refractivity contribution in [1.29, 1.82) is 0 Å². The molecule has 1 N–H and O–H groups in total. The van der Waals surface area contributed by atoms with Crippen LogP contribution in [0, 0.1) is 5.82 Å². The monoisotopic (exact) mass is 281 g/mol. The molecular formula is C17H16FN3. The van der Waals surface area contributed by atoms with Gasteiger partial charge in [0.25, 0.3) is 0 Å². The van der Waals surface area contributed by atoms with Crippen molar-refractivity contribution in [3.63, 3.8) is 0 Å². The fourth-order valence-electron chi connectivity index (χ4n) is 3.22. The van der Waals surface area contributed by atoms with Gasteiger partial charge in [0.15, 0.2) is 0 Å². The van der Waals surface area contributed by atoms with Gasteiger partial charge in [-0.2, -0.15) is 0 Å². The van der Waals surface area contributed by atoms with Gasteiger partial charge in [0.05, 0.1) is 5.52 Å². The first kappa shape index (κ1) is 12.5. The Labute approximate surface area is 122 Å². The lowest BCUT2D eigenvalue weighted by Crippen LogP contribution is -2.11. The van der Waals surface area contributed by atoms with Crippen LogP contribution in [0.1, 0.15) is 17.7 Å². The molecule has 0 spiro atoms. The van der Waals surface area contributed by atoms with E-state index in [0.29, 0.717) is 0 Å². The van der Waals surface area contributed by atoms with E-state index in [-0.39, 0.29) is 5.82 Å². The lowest BCUT2D eigenvalue weighted by Gasteiger charge is -2.10. The summed E-state index contributed by atoms with van der Waals surface area (Å²) in [7, 11) is 0. The number of hydrogen-bond acceptors (Lipinski definition) is 2. The van der Waals surface area contributed by atoms with Crippen LogP contribution in [0.3, 0.4) is 0 Å². The predicted molar refractivity (Wildman–Crippen MR) is 81.1 cm³/mol. The average molecular weight is 281 g/mol. The molecule has 1 aromatic carbocycles. The third-order valence-corrected chi connectivity index (χ3v) is 4.13. The molecular weight excluding hydrogens is 265 g/mol. The SMILES string of the molecule is Fc1ccc2c(c1)c1c(n2-c2ccncc2)CCCNC1. The topological polar surface area (TPSA) is 29.9 Å². The number of benzene rings is 1. The van der Waals surface area contributed by atoms with Crippen molar-refractivity contribution >= 4 is 10.9 Å². The Bertz CT molecular complexity index is 793. The predicted octanol–water partition coefficient (Wildman–Crippen LogP) is 3.20. The quantitative estimate of drug-likeness (QED) is 0.742. The van der Waals surface area contributed by atoms with Crippen LogP contribution in [0.4, 0.5) is 4.39 Å². The highest BCUT2D eigenvalue weighted by atomic mass is 19.1. The maximum atomic E-state index is 13.7. The average Bonchev–Trinajstić information content (AvgIpc) is 2.66. The van der Waals surface area contributed by atoms with Gasteiger partial charge in [0, 0.05) is 35.7 Å². The van der Waals surface area contributed by atoms with Gasteiger partial charge in [-0.15, -0.1) is 0 Å². The molecule has 0 atom stereocenters. The number of fused-ring (bicyclic) bond motifs is 3. The minimum Gasteiger partial charge on any atom is -0.313 e. The Morgan fingerprint density at radius 1 is 1.14 bits per heavy atom. The Morgan fingerprint density at radius 3 is 2.86 bits per heavy atom. The molecule has 0 saturated carbocycles. The molecule has 2 aromatic heterocycles. The van der Waals surface area contributed by atoms with Gasteiger partial charge in [0.2, 0.25) is 0 Å². The van der Waals surface area contributed by atoms with E-state index in [4.69, 9.17) is 0 Å². The summed E-state index contributed by atoms with van der Waals surface area (Å²) in [5, 5.41) is 4.44. The van der Waals surface area contributed by atoms with Crippen molar-refractivity contribution in [1.82, 2.24) is 14.9 Å². The molecule has 0 unspecified atom stereocenters. The van der Waals surface area contributed by atoms with Crippen molar-refractivity contribution in [3.8, 4) is 5.69 Å². The number of nitrogens with one attached hydrogen (secondary N) is 1. The molecule has 0 amide bonds. The fourth-order valence-corrected chi connectivity index (χ4v) is 3.22. The number of hydrogen-bond donors (Lipinski definition) is 1. The Morgan fingerprint density at radius 2 is 2.00 bits per heavy atom. The second-order valence-electron chi connectivity index (χ2n) is 5.41. The van der Waals surface area contributed by atoms with Gasteiger partial charge < -0.3 is 9.88 Å². The van der Waals surface area contributed by atoms with Gasteiger partial charge >= 0.3 is 0 Å². The highest BCUT2D eigenvalue weighted by Crippen LogP contribution is 2.31. The highest BCUT2D eigenvalue weighted by molar-refractivity contribution is 5.87. The molecule has 0 fully saturated rings. The highest BCUT2D eigenvalue weighted by Gasteiger charge is 2.20. The minimum atomic E-state index is -0.179. The lowest BCUT2D eigenvalue weighted by molar-refractivity contribution is 0.629. The fraction of sp³-hybridized carbons (Fsp3) is 0.235. The van der Waals surface area contributed by atoms with Crippen molar-refractivity contribution < 1.29 is 4.39 Å². The summed E-state index contributed by atoms with van der Waals surface area (Å²) < 4.78 is 15.9. The van der Waals surface area contributed by atoms with Gasteiger partial charge in [-0.05, 0) is 55.3 Å². The zero-order chi connectivity index (χ0) is 14.2. The molecule has 0 bridgehead atoms. The Hall–Kier alpha value is -2.20. The summed E-state index contributed by atoms with van der Waals surface area (Å²) >= 11 is 0. The number of rotatable bonds is 1. The van der Waals surface area contributed by atoms with E-state index >= 15 is 0 Å². The second kappa shape index (κ2) is 4.97. The number of halogens is 1. The standard InChI is InChI=1S/C17H16FN3/c18-12-3-4-17-14(10-12)15-11-20-7-1-2-16(15)21(17)13-5-8-19-9-6-13/h3-6,8-10,20H,1-2,7,11H2. The normalized spacial score (nSPS) is 14.9. The third-order valence-electron chi connectivity index (χ3n) is 4.13. The minimum absolute atomic E-state index is 0.179. The first-order valence-electron chi connectivity index (χ1n) is 7.27. The molecule has 1 aliphatic rings. The molecule has 0 aliphatic carbocycles. The maximum Gasteiger partial charge on any atom is 0.123 e. The number of aromatic nitrogens is 2. The maximum absolute atomic E-state index is 13.7. The molecule has 3 heterocycles. The van der Waals surface area contributed by atoms with Gasteiger partial charge in [-0.1, -0.05) is 0 Å². The first-order valence-corrected chi connectivity index (χ1v) is 7.27. The van der Waals surface area contributed by atoms with Gasteiger partial charge in [-0.25, -0.2) is 4.39 Å². The third kappa shape index (κ3) is 2.03. The summed E-state index contributed by atoms with van der Waals surface area (Å²) in [6.07, 6.45) is 5.69. The van der Waals surface area contributed by atoms with Crippen molar-refractivity contribution in [2.75, 3.05) is 6.54 Å². The molecule has 1 aliphatic heterocycles. The van der Waals surface area contributed by atoms with Crippen LogP contribution in [-0.4, -0.2) is 16.1 Å². The van der Waals surface area contributed by atoms with Gasteiger partial charge in [0.1, 0.15) is 5.82 Å². The van der Waals surface area contributed by atoms with E-state index in [0.717, 1.165) is 42.5 Å². The molecule has 0 radical (unpaired) electrons. The van der Waals surface area contributed by atoms with Crippen LogP contribution in [0.2, 0.25) is 0 Å². The molecule has 4 rings (SSSR count). The van der Waals surface area contributed by atoms with E-state index in [2.05, 4.69) is 14.9 Å². The van der Waals surface area contributed by atoms with E-state index in [1.165, 1.54) is 17.3 Å². The van der Waals surface area contributed by atoms with Crippen LogP contribution < -0.4 is 5.32 Å². The molecule has 0 saturated heterocycles. The van der Waals surface area contributed by atoms with Crippen LogP contribution in [0.15, 0.2) is 42.7 Å². The molecule has 21 heavy (non-hydrogen) atoms. The molecule has 106 valence electrons. The van der Waals surface area contributed by atoms with Crippen LogP contribution in [0.5, 0.6) is 0 Å². The van der Waals surface area contributed by atoms with Crippen LogP contribution >= 0.6 is 0 Å². The zero-order valence-corrected chi connectivity index (χ0v) is 11.6. The van der Waals surface area contributed by atoms with E-state index in [9.17, 15) is 4.39 Å². The molecule has 4 heteroatoms. The molecule has 3 nitrogen and oxygen atoms in total. The first-order chi connectivity index (χ1) is 10.3. The Balaban J connectivity index is 2.07. The molecule has 3 aromatic rings. The van der Waals surface area contributed by atoms with Crippen molar-refractivity contribution in [2.24, 2.45) is 0 Å². The number of nitrogens with zero attached hydrogens (tertiary/aromatic N) is 2. The van der Waals surface area contributed by atoms with E-state index in [1.54, 1.807) is 18.5 Å². The smallest absolute Gasteiger partial charge is 0.123 e. The summed E-state index contributed by atoms with van der Waals surface area (Å²) in [5.41, 5.74) is 4.66. The number of pyridine rings is 1. The van der Waals surface area contributed by atoms with Gasteiger partial charge in [-0.3, -0.25) is 4.98 Å². The summed E-state index contributed by atoms with van der Waals surface area (Å²) in [5.74, 6) is -0.179. The van der Waals surface area contributed by atoms with E-state index < -0.39 is 0 Å². The summed E-state index contributed by atoms with van der Waals surface area (Å²) in [6.45, 7) is 1.80. The summed E-state index contributed by atoms with van der Waals surface area (Å²) in [6, 6.07) is 9.06. The second-order valence-corrected chi connectivity index (χ2v) is 5.41. The van der Waals surface area contributed by atoms with Crippen LogP contribution in [0.25, 0.3) is 16.6 Å². The zero-order valence-electron chi connectivity index (χ0n) is 11.6. The van der Waals surface area contributed by atoms with Crippen molar-refractivity contribution in [2.45, 2.75) is 19.4 Å². The van der Waals surface area contributed by atoms with Crippen molar-refractivity contribution in [3.05, 3.63) is 59.8 Å². The van der Waals surface area contributed by atoms with Crippen LogP contribution in [-0.2, 0) is 13.0 Å². The van der Waals surface area contributed by atoms with E-state index in [1.807, 2.05) is 18.2 Å². The largest absolute Gasteiger partial charge is 0.313 e.